The zero-order valence-corrected chi connectivity index (χ0v) is 15.3. The van der Waals surface area contributed by atoms with Gasteiger partial charge in [-0.1, -0.05) is 60.1 Å². The van der Waals surface area contributed by atoms with Gasteiger partial charge >= 0.3 is 0 Å². The van der Waals surface area contributed by atoms with Crippen molar-refractivity contribution in [3.63, 3.8) is 0 Å². The van der Waals surface area contributed by atoms with Gasteiger partial charge in [0.2, 0.25) is 0 Å². The van der Waals surface area contributed by atoms with Gasteiger partial charge < -0.3 is 14.2 Å². The maximum Gasteiger partial charge on any atom is 0.172 e. The lowest BCUT2D eigenvalue weighted by Gasteiger charge is -2.18. The topological polar surface area (TPSA) is 31.0 Å². The Labute approximate surface area is 162 Å². The minimum absolute atomic E-state index is 0.0841. The third-order valence-corrected chi connectivity index (χ3v) is 4.60. The molecule has 0 radical (unpaired) electrons. The molecule has 3 aromatic rings. The number of epoxide rings is 1. The van der Waals surface area contributed by atoms with Crippen molar-refractivity contribution in [2.75, 3.05) is 13.2 Å². The Morgan fingerprint density at radius 1 is 0.963 bits per heavy atom. The van der Waals surface area contributed by atoms with Crippen LogP contribution in [-0.2, 0) is 11.3 Å². The standard InChI is InChI=1S/C22H18ClFO3/c23-18-9-5-4-8-17(18)21-19(24)10-11-20(26-14-16-13-25-16)22(21)27-12-15-6-2-1-3-7-15/h1-11,16H,12-14H2/t16-/m1/s1. The van der Waals surface area contributed by atoms with Crippen LogP contribution >= 0.6 is 11.6 Å². The average molecular weight is 385 g/mol. The first kappa shape index (κ1) is 17.8. The Bertz CT molecular complexity index is 926. The van der Waals surface area contributed by atoms with E-state index < -0.39 is 5.82 Å². The van der Waals surface area contributed by atoms with Gasteiger partial charge in [-0.2, -0.15) is 0 Å². The van der Waals surface area contributed by atoms with Crippen LogP contribution < -0.4 is 9.47 Å². The van der Waals surface area contributed by atoms with E-state index in [1.807, 2.05) is 36.4 Å². The van der Waals surface area contributed by atoms with Crippen LogP contribution in [0.4, 0.5) is 4.39 Å². The number of hydrogen-bond acceptors (Lipinski definition) is 3. The summed E-state index contributed by atoms with van der Waals surface area (Å²) in [4.78, 5) is 0. The molecule has 3 aromatic carbocycles. The first-order valence-electron chi connectivity index (χ1n) is 8.71. The van der Waals surface area contributed by atoms with Crippen LogP contribution in [0.1, 0.15) is 5.56 Å². The van der Waals surface area contributed by atoms with Gasteiger partial charge in [0.05, 0.1) is 12.2 Å². The van der Waals surface area contributed by atoms with E-state index in [0.717, 1.165) is 5.56 Å². The van der Waals surface area contributed by atoms with Crippen LogP contribution in [0.3, 0.4) is 0 Å². The van der Waals surface area contributed by atoms with E-state index in [2.05, 4.69) is 0 Å². The Hall–Kier alpha value is -2.56. The van der Waals surface area contributed by atoms with Crippen molar-refractivity contribution in [1.82, 2.24) is 0 Å². The van der Waals surface area contributed by atoms with Gasteiger partial charge in [0.1, 0.15) is 25.1 Å². The molecule has 0 unspecified atom stereocenters. The molecular weight excluding hydrogens is 367 g/mol. The molecular formula is C22H18ClFO3. The molecule has 0 N–H and O–H groups in total. The normalized spacial score (nSPS) is 15.4. The van der Waals surface area contributed by atoms with Gasteiger partial charge in [0.25, 0.3) is 0 Å². The second-order valence-corrected chi connectivity index (χ2v) is 6.68. The highest BCUT2D eigenvalue weighted by Gasteiger charge is 2.25. The van der Waals surface area contributed by atoms with Gasteiger partial charge in [-0.3, -0.25) is 0 Å². The van der Waals surface area contributed by atoms with E-state index in [1.165, 1.54) is 6.07 Å². The molecule has 138 valence electrons. The van der Waals surface area contributed by atoms with Crippen molar-refractivity contribution in [3.05, 3.63) is 83.1 Å². The molecule has 5 heteroatoms. The van der Waals surface area contributed by atoms with E-state index >= 15 is 0 Å². The summed E-state index contributed by atoms with van der Waals surface area (Å²) < 4.78 is 31.9. The van der Waals surface area contributed by atoms with Crippen LogP contribution in [0.25, 0.3) is 11.1 Å². The van der Waals surface area contributed by atoms with Gasteiger partial charge in [0.15, 0.2) is 11.5 Å². The molecule has 0 amide bonds. The van der Waals surface area contributed by atoms with Crippen LogP contribution in [0.15, 0.2) is 66.7 Å². The van der Waals surface area contributed by atoms with Crippen molar-refractivity contribution in [1.29, 1.82) is 0 Å². The van der Waals surface area contributed by atoms with Gasteiger partial charge in [-0.05, 0) is 23.8 Å². The Balaban J connectivity index is 1.73. The number of ether oxygens (including phenoxy) is 3. The number of benzene rings is 3. The molecule has 4 rings (SSSR count). The van der Waals surface area contributed by atoms with E-state index in [9.17, 15) is 4.39 Å². The quantitative estimate of drug-likeness (QED) is 0.504. The lowest BCUT2D eigenvalue weighted by atomic mass is 10.0. The predicted molar refractivity (Wildman–Crippen MR) is 103 cm³/mol. The van der Waals surface area contributed by atoms with Crippen molar-refractivity contribution in [2.45, 2.75) is 12.7 Å². The van der Waals surface area contributed by atoms with Crippen LogP contribution in [0, 0.1) is 5.82 Å². The Kier molecular flexibility index (Phi) is 5.28. The molecule has 0 aliphatic carbocycles. The van der Waals surface area contributed by atoms with Gasteiger partial charge in [-0.15, -0.1) is 0 Å². The third-order valence-electron chi connectivity index (χ3n) is 4.27. The number of halogens is 2. The van der Waals surface area contributed by atoms with E-state index in [4.69, 9.17) is 25.8 Å². The summed E-state index contributed by atoms with van der Waals surface area (Å²) in [6.45, 7) is 1.37. The summed E-state index contributed by atoms with van der Waals surface area (Å²) in [7, 11) is 0. The SMILES string of the molecule is Fc1ccc(OC[C@H]2CO2)c(OCc2ccccc2)c1-c1ccccc1Cl. The minimum Gasteiger partial charge on any atom is -0.487 e. The van der Waals surface area contributed by atoms with Gasteiger partial charge in [-0.25, -0.2) is 4.39 Å². The van der Waals surface area contributed by atoms with Crippen LogP contribution in [-0.4, -0.2) is 19.3 Å². The molecule has 1 aliphatic heterocycles. The summed E-state index contributed by atoms with van der Waals surface area (Å²) >= 11 is 6.33. The molecule has 1 atom stereocenters. The lowest BCUT2D eigenvalue weighted by molar-refractivity contribution is 0.238. The monoisotopic (exact) mass is 384 g/mol. The summed E-state index contributed by atoms with van der Waals surface area (Å²) in [6.07, 6.45) is 0.0841. The minimum atomic E-state index is -0.416. The van der Waals surface area contributed by atoms with E-state index in [-0.39, 0.29) is 12.7 Å². The fourth-order valence-corrected chi connectivity index (χ4v) is 3.02. The molecule has 0 bridgehead atoms. The molecule has 0 spiro atoms. The molecule has 3 nitrogen and oxygen atoms in total. The summed E-state index contributed by atoms with van der Waals surface area (Å²) in [5.74, 6) is 0.395. The molecule has 0 saturated carbocycles. The second-order valence-electron chi connectivity index (χ2n) is 6.27. The summed E-state index contributed by atoms with van der Waals surface area (Å²) in [6, 6.07) is 19.8. The Morgan fingerprint density at radius 2 is 1.70 bits per heavy atom. The third kappa shape index (κ3) is 4.24. The van der Waals surface area contributed by atoms with E-state index in [0.29, 0.717) is 40.9 Å². The maximum absolute atomic E-state index is 14.8. The first-order valence-corrected chi connectivity index (χ1v) is 9.08. The number of hydrogen-bond donors (Lipinski definition) is 0. The van der Waals surface area contributed by atoms with Crippen molar-refractivity contribution in [2.24, 2.45) is 0 Å². The molecule has 27 heavy (non-hydrogen) atoms. The highest BCUT2D eigenvalue weighted by atomic mass is 35.5. The Morgan fingerprint density at radius 3 is 2.44 bits per heavy atom. The first-order chi connectivity index (χ1) is 13.2. The highest BCUT2D eigenvalue weighted by Crippen LogP contribution is 2.43. The van der Waals surface area contributed by atoms with Crippen LogP contribution in [0.2, 0.25) is 5.02 Å². The molecule has 0 aromatic heterocycles. The van der Waals surface area contributed by atoms with Crippen molar-refractivity contribution in [3.8, 4) is 22.6 Å². The summed E-state index contributed by atoms with van der Waals surface area (Å²) in [5, 5.41) is 0.448. The molecule has 1 saturated heterocycles. The van der Waals surface area contributed by atoms with Crippen LogP contribution in [0.5, 0.6) is 11.5 Å². The predicted octanol–water partition coefficient (Wildman–Crippen LogP) is 5.50. The van der Waals surface area contributed by atoms with Crippen molar-refractivity contribution < 1.29 is 18.6 Å². The second kappa shape index (κ2) is 7.99. The zero-order chi connectivity index (χ0) is 18.6. The van der Waals surface area contributed by atoms with E-state index in [1.54, 1.807) is 24.3 Å². The maximum atomic E-state index is 14.8. The fraction of sp³-hybridized carbons (Fsp3) is 0.182. The molecule has 1 heterocycles. The highest BCUT2D eigenvalue weighted by molar-refractivity contribution is 6.33. The average Bonchev–Trinajstić information content (AvgIpc) is 3.52. The molecule has 1 fully saturated rings. The largest absolute Gasteiger partial charge is 0.487 e. The van der Waals surface area contributed by atoms with Crippen molar-refractivity contribution >= 4 is 11.6 Å². The zero-order valence-electron chi connectivity index (χ0n) is 14.5. The number of rotatable bonds is 7. The smallest absolute Gasteiger partial charge is 0.172 e. The summed E-state index contributed by atoms with van der Waals surface area (Å²) in [5.41, 5.74) is 1.84. The van der Waals surface area contributed by atoms with Gasteiger partial charge in [0, 0.05) is 10.6 Å². The molecule has 1 aliphatic rings. The lowest BCUT2D eigenvalue weighted by Crippen LogP contribution is -2.07. The fourth-order valence-electron chi connectivity index (χ4n) is 2.79.